The van der Waals surface area contributed by atoms with Crippen LogP contribution < -0.4 is 15.1 Å². The van der Waals surface area contributed by atoms with Crippen molar-refractivity contribution >= 4 is 29.2 Å². The zero-order valence-electron chi connectivity index (χ0n) is 14.0. The molecule has 0 aromatic heterocycles. The normalized spacial score (nSPS) is 20.3. The van der Waals surface area contributed by atoms with Crippen molar-refractivity contribution in [2.45, 2.75) is 18.9 Å². The van der Waals surface area contributed by atoms with Gasteiger partial charge in [-0.05, 0) is 18.2 Å². The summed E-state index contributed by atoms with van der Waals surface area (Å²) in [6.45, 7) is -0.0800. The Hall–Kier alpha value is -2.71. The van der Waals surface area contributed by atoms with E-state index in [0.717, 1.165) is 0 Å². The van der Waals surface area contributed by atoms with Crippen molar-refractivity contribution in [1.29, 1.82) is 0 Å². The molecule has 0 spiro atoms. The molecule has 2 saturated heterocycles. The van der Waals surface area contributed by atoms with Crippen LogP contribution in [-0.4, -0.2) is 56.7 Å². The minimum absolute atomic E-state index is 0.00658. The van der Waals surface area contributed by atoms with Gasteiger partial charge in [0.15, 0.2) is 6.67 Å². The molecule has 1 aromatic rings. The van der Waals surface area contributed by atoms with Crippen LogP contribution in [0.1, 0.15) is 12.8 Å². The van der Waals surface area contributed by atoms with E-state index in [1.807, 2.05) is 0 Å². The van der Waals surface area contributed by atoms with E-state index in [-0.39, 0.29) is 18.9 Å². The predicted molar refractivity (Wildman–Crippen MR) is 89.5 cm³/mol. The Kier molecular flexibility index (Phi) is 5.34. The lowest BCUT2D eigenvalue weighted by molar-refractivity contribution is -0.122. The molecular weight excluding hydrogens is 348 g/mol. The topological polar surface area (TPSA) is 79.0 Å². The third kappa shape index (κ3) is 3.92. The molecule has 2 aliphatic heterocycles. The summed E-state index contributed by atoms with van der Waals surface area (Å²) >= 11 is 0. The number of nitrogens with one attached hydrogen (secondary N) is 1. The van der Waals surface area contributed by atoms with Crippen molar-refractivity contribution in [3.05, 3.63) is 24.0 Å². The molecule has 9 heteroatoms. The van der Waals surface area contributed by atoms with Crippen molar-refractivity contribution in [1.82, 2.24) is 5.32 Å². The second-order valence-corrected chi connectivity index (χ2v) is 6.22. The summed E-state index contributed by atoms with van der Waals surface area (Å²) in [5.41, 5.74) is 0.726. The Morgan fingerprint density at radius 1 is 1.27 bits per heavy atom. The molecule has 1 atom stereocenters. The van der Waals surface area contributed by atoms with Gasteiger partial charge in [-0.15, -0.1) is 0 Å². The van der Waals surface area contributed by atoms with Crippen LogP contribution >= 0.6 is 0 Å². The zero-order valence-corrected chi connectivity index (χ0v) is 14.0. The Bertz CT molecular complexity index is 718. The van der Waals surface area contributed by atoms with Crippen LogP contribution in [0, 0.1) is 5.82 Å². The number of piperidine rings is 1. The minimum Gasteiger partial charge on any atom is -0.442 e. The number of halogens is 2. The first-order valence-electron chi connectivity index (χ1n) is 8.35. The molecular formula is C17H19F2N3O4. The molecule has 7 nitrogen and oxygen atoms in total. The van der Waals surface area contributed by atoms with Gasteiger partial charge in [-0.3, -0.25) is 14.5 Å². The van der Waals surface area contributed by atoms with E-state index < -0.39 is 30.6 Å². The number of cyclic esters (lactones) is 1. The van der Waals surface area contributed by atoms with Crippen molar-refractivity contribution < 1.29 is 27.9 Å². The van der Waals surface area contributed by atoms with E-state index in [4.69, 9.17) is 4.74 Å². The van der Waals surface area contributed by atoms with E-state index in [0.29, 0.717) is 37.3 Å². The van der Waals surface area contributed by atoms with Crippen LogP contribution in [0.3, 0.4) is 0 Å². The van der Waals surface area contributed by atoms with Crippen molar-refractivity contribution in [3.63, 3.8) is 0 Å². The highest BCUT2D eigenvalue weighted by Crippen LogP contribution is 2.29. The fourth-order valence-electron chi connectivity index (χ4n) is 3.03. The highest BCUT2D eigenvalue weighted by molar-refractivity contribution is 5.90. The maximum Gasteiger partial charge on any atom is 0.414 e. The standard InChI is InChI=1S/C17H19F2N3O4/c18-8-16(24)20-9-13-10-22(17(25)26-13)11-1-2-15(14(19)7-11)21-5-3-12(23)4-6-21/h1-2,7,13H,3-6,8-10H2,(H,20,24). The number of rotatable bonds is 5. The van der Waals surface area contributed by atoms with E-state index in [2.05, 4.69) is 5.32 Å². The summed E-state index contributed by atoms with van der Waals surface area (Å²) in [6, 6.07) is 4.43. The summed E-state index contributed by atoms with van der Waals surface area (Å²) in [4.78, 5) is 37.3. The number of nitrogens with zero attached hydrogens (tertiary/aromatic N) is 2. The predicted octanol–water partition coefficient (Wildman–Crippen LogP) is 1.41. The van der Waals surface area contributed by atoms with Crippen molar-refractivity contribution in [2.75, 3.05) is 42.7 Å². The maximum absolute atomic E-state index is 14.5. The lowest BCUT2D eigenvalue weighted by atomic mass is 10.1. The monoisotopic (exact) mass is 367 g/mol. The fraction of sp³-hybridized carbons (Fsp3) is 0.471. The van der Waals surface area contributed by atoms with E-state index in [9.17, 15) is 23.2 Å². The number of carbonyl (C=O) groups excluding carboxylic acids is 3. The molecule has 1 N–H and O–H groups in total. The van der Waals surface area contributed by atoms with Crippen LogP contribution in [0.2, 0.25) is 0 Å². The number of carbonyl (C=O) groups is 3. The minimum atomic E-state index is -1.14. The number of ether oxygens (including phenoxy) is 1. The van der Waals surface area contributed by atoms with Gasteiger partial charge in [0, 0.05) is 25.9 Å². The van der Waals surface area contributed by atoms with Gasteiger partial charge in [0.25, 0.3) is 5.91 Å². The quantitative estimate of drug-likeness (QED) is 0.851. The summed E-state index contributed by atoms with van der Waals surface area (Å²) in [5, 5.41) is 2.31. The first kappa shape index (κ1) is 18.1. The zero-order chi connectivity index (χ0) is 18.7. The Labute approximate surface area is 148 Å². The highest BCUT2D eigenvalue weighted by atomic mass is 19.1. The smallest absolute Gasteiger partial charge is 0.414 e. The number of ketones is 1. The second kappa shape index (κ2) is 7.67. The number of benzene rings is 1. The molecule has 2 heterocycles. The van der Waals surface area contributed by atoms with E-state index >= 15 is 0 Å². The maximum atomic E-state index is 14.5. The van der Waals surface area contributed by atoms with Crippen LogP contribution in [0.15, 0.2) is 18.2 Å². The van der Waals surface area contributed by atoms with Gasteiger partial charge >= 0.3 is 6.09 Å². The summed E-state index contributed by atoms with van der Waals surface area (Å²) < 4.78 is 31.7. The van der Waals surface area contributed by atoms with Crippen LogP contribution in [-0.2, 0) is 14.3 Å². The first-order chi connectivity index (χ1) is 12.5. The summed E-state index contributed by atoms with van der Waals surface area (Å²) in [6.07, 6.45) is -0.494. The van der Waals surface area contributed by atoms with Crippen molar-refractivity contribution in [2.24, 2.45) is 0 Å². The SMILES string of the molecule is O=C1CCN(c2ccc(N3CC(CNC(=O)CF)OC3=O)cc2F)CC1. The Morgan fingerprint density at radius 3 is 2.65 bits per heavy atom. The Morgan fingerprint density at radius 2 is 2.00 bits per heavy atom. The van der Waals surface area contributed by atoms with Gasteiger partial charge in [-0.1, -0.05) is 0 Å². The van der Waals surface area contributed by atoms with Gasteiger partial charge < -0.3 is 15.0 Å². The molecule has 0 radical (unpaired) electrons. The van der Waals surface area contributed by atoms with E-state index in [1.165, 1.54) is 11.0 Å². The molecule has 2 fully saturated rings. The number of hydrogen-bond donors (Lipinski definition) is 1. The van der Waals surface area contributed by atoms with E-state index in [1.54, 1.807) is 17.0 Å². The average molecular weight is 367 g/mol. The van der Waals surface area contributed by atoms with Gasteiger partial charge in [-0.2, -0.15) is 0 Å². The van der Waals surface area contributed by atoms with Gasteiger partial charge in [0.1, 0.15) is 17.7 Å². The van der Waals surface area contributed by atoms with Crippen LogP contribution in [0.5, 0.6) is 0 Å². The molecule has 140 valence electrons. The van der Waals surface area contributed by atoms with Crippen LogP contribution in [0.25, 0.3) is 0 Å². The molecule has 1 aromatic carbocycles. The molecule has 2 amide bonds. The molecule has 1 unspecified atom stereocenters. The average Bonchev–Trinajstić information content (AvgIpc) is 3.01. The molecule has 26 heavy (non-hydrogen) atoms. The van der Waals surface area contributed by atoms with Gasteiger partial charge in [0.2, 0.25) is 0 Å². The molecule has 0 bridgehead atoms. The second-order valence-electron chi connectivity index (χ2n) is 6.22. The molecule has 2 aliphatic rings. The van der Waals surface area contributed by atoms with Crippen LogP contribution in [0.4, 0.5) is 25.0 Å². The fourth-order valence-corrected chi connectivity index (χ4v) is 3.03. The summed E-state index contributed by atoms with van der Waals surface area (Å²) in [5.74, 6) is -1.10. The number of anilines is 2. The first-order valence-corrected chi connectivity index (χ1v) is 8.35. The number of alkyl halides is 1. The lowest BCUT2D eigenvalue weighted by Gasteiger charge is -2.28. The van der Waals surface area contributed by atoms with Crippen molar-refractivity contribution in [3.8, 4) is 0 Å². The highest BCUT2D eigenvalue weighted by Gasteiger charge is 2.33. The number of Topliss-reactive ketones (excluding diaryl/α,β-unsaturated/α-hetero) is 1. The van der Waals surface area contributed by atoms with Gasteiger partial charge in [0.05, 0.1) is 24.5 Å². The molecule has 0 aliphatic carbocycles. The molecule has 3 rings (SSSR count). The number of hydrogen-bond acceptors (Lipinski definition) is 5. The third-order valence-corrected chi connectivity index (χ3v) is 4.43. The molecule has 0 saturated carbocycles. The summed E-state index contributed by atoms with van der Waals surface area (Å²) in [7, 11) is 0. The Balaban J connectivity index is 1.66. The lowest BCUT2D eigenvalue weighted by Crippen LogP contribution is -2.35. The van der Waals surface area contributed by atoms with Gasteiger partial charge in [-0.25, -0.2) is 13.6 Å². The number of amides is 2. The third-order valence-electron chi connectivity index (χ3n) is 4.43. The largest absolute Gasteiger partial charge is 0.442 e.